The van der Waals surface area contributed by atoms with Gasteiger partial charge in [-0.2, -0.15) is 12.8 Å². The smallest absolute Gasteiger partial charge is 0.349 e. The molecule has 1 aromatic rings. The molecule has 0 saturated carbocycles. The van der Waals surface area contributed by atoms with Crippen LogP contribution >= 0.6 is 0 Å². The van der Waals surface area contributed by atoms with Crippen molar-refractivity contribution in [2.45, 2.75) is 0 Å². The molecule has 2 heterocycles. The van der Waals surface area contributed by atoms with Gasteiger partial charge in [0.2, 0.25) is 0 Å². The van der Waals surface area contributed by atoms with Gasteiger partial charge in [0, 0.05) is 18.0 Å². The Kier molecular flexibility index (Phi) is 3.11. The maximum Gasteiger partial charge on any atom is 0.349 e. The molecular formula is C10H8N2O5S. The van der Waals surface area contributed by atoms with E-state index < -0.39 is 20.9 Å². The van der Waals surface area contributed by atoms with Crippen molar-refractivity contribution in [3.05, 3.63) is 35.0 Å². The SMILES string of the molecule is O=C(O)C1=C(COc2cccnc2)C=NS1(=O)=O. The summed E-state index contributed by atoms with van der Waals surface area (Å²) in [6.45, 7) is -0.198. The molecule has 0 saturated heterocycles. The van der Waals surface area contributed by atoms with Crippen molar-refractivity contribution in [2.75, 3.05) is 6.61 Å². The summed E-state index contributed by atoms with van der Waals surface area (Å²) in [5, 5.41) is 8.83. The van der Waals surface area contributed by atoms with Crippen molar-refractivity contribution < 1.29 is 23.1 Å². The summed E-state index contributed by atoms with van der Waals surface area (Å²) >= 11 is 0. The number of nitrogens with zero attached hydrogens (tertiary/aromatic N) is 2. The topological polar surface area (TPSA) is 106 Å². The van der Waals surface area contributed by atoms with Crippen LogP contribution in [-0.4, -0.2) is 37.3 Å². The molecule has 0 spiro atoms. The van der Waals surface area contributed by atoms with Crippen LogP contribution in [0.4, 0.5) is 0 Å². The van der Waals surface area contributed by atoms with E-state index in [1.807, 2.05) is 0 Å². The molecule has 0 aromatic carbocycles. The highest BCUT2D eigenvalue weighted by Crippen LogP contribution is 2.21. The standard InChI is InChI=1S/C10H8N2O5S/c13-10(14)9-7(4-12-18(9,15)16)6-17-8-2-1-3-11-5-8/h1-5H,6H2,(H,13,14). The van der Waals surface area contributed by atoms with Gasteiger partial charge >= 0.3 is 5.97 Å². The van der Waals surface area contributed by atoms with Crippen LogP contribution in [0.3, 0.4) is 0 Å². The molecule has 18 heavy (non-hydrogen) atoms. The summed E-state index contributed by atoms with van der Waals surface area (Å²) in [6.07, 6.45) is 3.97. The third-order valence-electron chi connectivity index (χ3n) is 2.12. The summed E-state index contributed by atoms with van der Waals surface area (Å²) < 4.78 is 31.0. The molecule has 2 rings (SSSR count). The third kappa shape index (κ3) is 2.38. The average molecular weight is 268 g/mol. The molecule has 7 nitrogen and oxygen atoms in total. The van der Waals surface area contributed by atoms with E-state index in [0.29, 0.717) is 5.75 Å². The fraction of sp³-hybridized carbons (Fsp3) is 0.100. The number of pyridine rings is 1. The molecular weight excluding hydrogens is 260 g/mol. The summed E-state index contributed by atoms with van der Waals surface area (Å²) in [5.41, 5.74) is 0.00588. The number of hydrogen-bond donors (Lipinski definition) is 1. The molecule has 0 radical (unpaired) electrons. The predicted octanol–water partition coefficient (Wildman–Crippen LogP) is 0.213. The van der Waals surface area contributed by atoms with Crippen LogP contribution in [0.15, 0.2) is 39.4 Å². The Labute approximate surface area is 103 Å². The molecule has 0 amide bonds. The van der Waals surface area contributed by atoms with Gasteiger partial charge in [0.05, 0.1) is 6.20 Å². The van der Waals surface area contributed by atoms with Gasteiger partial charge in [-0.1, -0.05) is 0 Å². The minimum atomic E-state index is -4.09. The zero-order valence-electron chi connectivity index (χ0n) is 8.98. The summed E-state index contributed by atoms with van der Waals surface area (Å²) in [4.78, 5) is 13.9. The number of aliphatic carboxylic acids is 1. The van der Waals surface area contributed by atoms with E-state index in [0.717, 1.165) is 6.21 Å². The van der Waals surface area contributed by atoms with E-state index in [9.17, 15) is 13.2 Å². The Morgan fingerprint density at radius 1 is 1.44 bits per heavy atom. The van der Waals surface area contributed by atoms with Gasteiger partial charge < -0.3 is 9.84 Å². The minimum Gasteiger partial charge on any atom is -0.487 e. The fourth-order valence-electron chi connectivity index (χ4n) is 1.35. The lowest BCUT2D eigenvalue weighted by Crippen LogP contribution is -2.12. The van der Waals surface area contributed by atoms with Crippen LogP contribution in [-0.2, 0) is 14.8 Å². The molecule has 94 valence electrons. The Morgan fingerprint density at radius 3 is 2.83 bits per heavy atom. The number of sulfonamides is 1. The zero-order chi connectivity index (χ0) is 13.2. The lowest BCUT2D eigenvalue weighted by molar-refractivity contribution is -0.131. The highest BCUT2D eigenvalue weighted by Gasteiger charge is 2.32. The van der Waals surface area contributed by atoms with Crippen molar-refractivity contribution in [1.82, 2.24) is 4.98 Å². The van der Waals surface area contributed by atoms with E-state index in [4.69, 9.17) is 9.84 Å². The number of aromatic nitrogens is 1. The Morgan fingerprint density at radius 2 is 2.22 bits per heavy atom. The third-order valence-corrected chi connectivity index (χ3v) is 3.46. The van der Waals surface area contributed by atoms with Gasteiger partial charge in [-0.15, -0.1) is 0 Å². The highest BCUT2D eigenvalue weighted by molar-refractivity contribution is 7.95. The van der Waals surface area contributed by atoms with Crippen LogP contribution in [0.1, 0.15) is 0 Å². The molecule has 8 heteroatoms. The number of hydrogen-bond acceptors (Lipinski definition) is 5. The van der Waals surface area contributed by atoms with E-state index in [2.05, 4.69) is 9.38 Å². The quantitative estimate of drug-likeness (QED) is 0.836. The van der Waals surface area contributed by atoms with E-state index in [1.165, 1.54) is 6.20 Å². The van der Waals surface area contributed by atoms with Gasteiger partial charge in [-0.05, 0) is 12.1 Å². The highest BCUT2D eigenvalue weighted by atomic mass is 32.2. The Balaban J connectivity index is 2.21. The number of carbonyl (C=O) groups is 1. The van der Waals surface area contributed by atoms with Crippen molar-refractivity contribution >= 4 is 22.2 Å². The van der Waals surface area contributed by atoms with Crippen molar-refractivity contribution in [3.8, 4) is 5.75 Å². The second-order valence-corrected chi connectivity index (χ2v) is 4.92. The van der Waals surface area contributed by atoms with E-state index in [-0.39, 0.29) is 12.2 Å². The maximum absolute atomic E-state index is 11.3. The number of carboxylic acid groups (broad SMARTS) is 1. The van der Waals surface area contributed by atoms with Gasteiger partial charge in [-0.3, -0.25) is 4.98 Å². The van der Waals surface area contributed by atoms with Gasteiger partial charge in [-0.25, -0.2) is 4.79 Å². The Bertz CT molecular complexity index is 633. The first kappa shape index (κ1) is 12.2. The molecule has 0 aliphatic carbocycles. The first-order valence-corrected chi connectivity index (χ1v) is 6.24. The second kappa shape index (κ2) is 4.57. The second-order valence-electron chi connectivity index (χ2n) is 3.35. The first-order chi connectivity index (χ1) is 8.50. The van der Waals surface area contributed by atoms with Crippen LogP contribution < -0.4 is 4.74 Å². The molecule has 0 atom stereocenters. The lowest BCUT2D eigenvalue weighted by atomic mass is 10.3. The lowest BCUT2D eigenvalue weighted by Gasteiger charge is -2.04. The maximum atomic E-state index is 11.3. The number of rotatable bonds is 4. The fourth-order valence-corrected chi connectivity index (χ4v) is 2.39. The molecule has 0 unspecified atom stereocenters. The van der Waals surface area contributed by atoms with Gasteiger partial charge in [0.25, 0.3) is 10.0 Å². The molecule has 0 fully saturated rings. The summed E-state index contributed by atoms with van der Waals surface area (Å²) in [5.74, 6) is -1.13. The number of ether oxygens (including phenoxy) is 1. The molecule has 1 aliphatic rings. The normalized spacial score (nSPS) is 16.9. The van der Waals surface area contributed by atoms with Crippen LogP contribution in [0.2, 0.25) is 0 Å². The van der Waals surface area contributed by atoms with Gasteiger partial charge in [0.15, 0.2) is 4.91 Å². The summed E-state index contributed by atoms with van der Waals surface area (Å²) in [7, 11) is -4.09. The first-order valence-electron chi connectivity index (χ1n) is 4.80. The molecule has 1 N–H and O–H groups in total. The van der Waals surface area contributed by atoms with Crippen LogP contribution in [0, 0.1) is 0 Å². The predicted molar refractivity (Wildman–Crippen MR) is 61.8 cm³/mol. The average Bonchev–Trinajstić information content (AvgIpc) is 2.63. The monoisotopic (exact) mass is 268 g/mol. The Hall–Kier alpha value is -2.22. The molecule has 1 aromatic heterocycles. The minimum absolute atomic E-state index is 0.00588. The van der Waals surface area contributed by atoms with E-state index in [1.54, 1.807) is 18.3 Å². The molecule has 1 aliphatic heterocycles. The van der Waals surface area contributed by atoms with Crippen LogP contribution in [0.5, 0.6) is 5.75 Å². The largest absolute Gasteiger partial charge is 0.487 e. The van der Waals surface area contributed by atoms with Crippen molar-refractivity contribution in [2.24, 2.45) is 4.40 Å². The van der Waals surface area contributed by atoms with Gasteiger partial charge in [0.1, 0.15) is 12.4 Å². The number of carboxylic acids is 1. The van der Waals surface area contributed by atoms with Crippen molar-refractivity contribution in [3.63, 3.8) is 0 Å². The summed E-state index contributed by atoms with van der Waals surface area (Å²) in [6, 6.07) is 3.26. The van der Waals surface area contributed by atoms with Crippen LogP contribution in [0.25, 0.3) is 0 Å². The zero-order valence-corrected chi connectivity index (χ0v) is 9.79. The van der Waals surface area contributed by atoms with E-state index >= 15 is 0 Å². The molecule has 0 bridgehead atoms. The van der Waals surface area contributed by atoms with Crippen molar-refractivity contribution in [1.29, 1.82) is 0 Å².